The molecule has 3 aromatic rings. The SMILES string of the molecule is CCOc1ccc(NC(=O)CN(Cc2ccco2)S(=O)(=O)c2cccc(C(F)(F)F)c2)cc1. The molecule has 0 fully saturated rings. The topological polar surface area (TPSA) is 88.8 Å². The Morgan fingerprint density at radius 1 is 1.09 bits per heavy atom. The first-order chi connectivity index (χ1) is 15.6. The van der Waals surface area contributed by atoms with Gasteiger partial charge in [0.2, 0.25) is 15.9 Å². The second-order valence-corrected chi connectivity index (χ2v) is 8.82. The molecule has 0 aliphatic heterocycles. The predicted molar refractivity (Wildman–Crippen MR) is 114 cm³/mol. The molecule has 1 N–H and O–H groups in total. The number of carbonyl (C=O) groups excluding carboxylic acids is 1. The largest absolute Gasteiger partial charge is 0.494 e. The Morgan fingerprint density at radius 3 is 2.42 bits per heavy atom. The van der Waals surface area contributed by atoms with Crippen LogP contribution in [0.3, 0.4) is 0 Å². The molecular formula is C22H21F3N2O5S. The average molecular weight is 482 g/mol. The van der Waals surface area contributed by atoms with Gasteiger partial charge in [-0.2, -0.15) is 17.5 Å². The number of anilines is 1. The van der Waals surface area contributed by atoms with Crippen LogP contribution in [0.25, 0.3) is 0 Å². The van der Waals surface area contributed by atoms with E-state index in [9.17, 15) is 26.4 Å². The number of amides is 1. The molecule has 3 rings (SSSR count). The van der Waals surface area contributed by atoms with Crippen molar-refractivity contribution >= 4 is 21.6 Å². The van der Waals surface area contributed by atoms with Crippen molar-refractivity contribution in [3.05, 3.63) is 78.3 Å². The molecule has 2 aromatic carbocycles. The first kappa shape index (κ1) is 24.3. The predicted octanol–water partition coefficient (Wildman–Crippen LogP) is 4.53. The maximum absolute atomic E-state index is 13.2. The van der Waals surface area contributed by atoms with Gasteiger partial charge in [0, 0.05) is 5.69 Å². The summed E-state index contributed by atoms with van der Waals surface area (Å²) in [5.74, 6) is 0.141. The summed E-state index contributed by atoms with van der Waals surface area (Å²) in [7, 11) is -4.47. The summed E-state index contributed by atoms with van der Waals surface area (Å²) in [5, 5.41) is 2.57. The summed E-state index contributed by atoms with van der Waals surface area (Å²) in [4.78, 5) is 12.0. The number of halogens is 3. The summed E-state index contributed by atoms with van der Waals surface area (Å²) in [6.07, 6.45) is -3.40. The van der Waals surface area contributed by atoms with Gasteiger partial charge in [-0.05, 0) is 61.5 Å². The van der Waals surface area contributed by atoms with E-state index in [1.54, 1.807) is 24.3 Å². The molecule has 11 heteroatoms. The van der Waals surface area contributed by atoms with Gasteiger partial charge >= 0.3 is 6.18 Å². The highest BCUT2D eigenvalue weighted by atomic mass is 32.2. The zero-order chi connectivity index (χ0) is 24.1. The third kappa shape index (κ3) is 6.36. The van der Waals surface area contributed by atoms with Crippen molar-refractivity contribution < 1.29 is 35.5 Å². The van der Waals surface area contributed by atoms with Crippen LogP contribution in [0.1, 0.15) is 18.2 Å². The van der Waals surface area contributed by atoms with Crippen molar-refractivity contribution in [2.45, 2.75) is 24.5 Å². The summed E-state index contributed by atoms with van der Waals surface area (Å²) in [6, 6.07) is 12.8. The lowest BCUT2D eigenvalue weighted by atomic mass is 10.2. The number of hydrogen-bond acceptors (Lipinski definition) is 5. The second-order valence-electron chi connectivity index (χ2n) is 6.88. The lowest BCUT2D eigenvalue weighted by molar-refractivity contribution is -0.137. The average Bonchev–Trinajstić information content (AvgIpc) is 3.27. The Bertz CT molecular complexity index is 1180. The number of nitrogens with one attached hydrogen (secondary N) is 1. The molecule has 176 valence electrons. The number of carbonyl (C=O) groups is 1. The van der Waals surface area contributed by atoms with Crippen LogP contribution in [0.15, 0.2) is 76.2 Å². The number of ether oxygens (including phenoxy) is 1. The smallest absolute Gasteiger partial charge is 0.416 e. The summed E-state index contributed by atoms with van der Waals surface area (Å²) in [6.45, 7) is 1.31. The molecule has 0 aliphatic carbocycles. The minimum absolute atomic E-state index is 0.222. The van der Waals surface area contributed by atoms with Crippen molar-refractivity contribution in [2.24, 2.45) is 0 Å². The number of benzene rings is 2. The van der Waals surface area contributed by atoms with Crippen LogP contribution >= 0.6 is 0 Å². The van der Waals surface area contributed by atoms with E-state index in [-0.39, 0.29) is 12.3 Å². The summed E-state index contributed by atoms with van der Waals surface area (Å²) >= 11 is 0. The van der Waals surface area contributed by atoms with E-state index >= 15 is 0 Å². The van der Waals surface area contributed by atoms with Gasteiger partial charge < -0.3 is 14.5 Å². The Labute approximate surface area is 188 Å². The fourth-order valence-corrected chi connectivity index (χ4v) is 4.36. The lowest BCUT2D eigenvalue weighted by Gasteiger charge is -2.21. The van der Waals surface area contributed by atoms with Crippen LogP contribution in [-0.4, -0.2) is 31.8 Å². The number of alkyl halides is 3. The van der Waals surface area contributed by atoms with Crippen molar-refractivity contribution in [1.29, 1.82) is 0 Å². The highest BCUT2D eigenvalue weighted by Gasteiger charge is 2.34. The first-order valence-corrected chi connectivity index (χ1v) is 11.3. The molecule has 0 unspecified atom stereocenters. The molecule has 0 aliphatic rings. The lowest BCUT2D eigenvalue weighted by Crippen LogP contribution is -2.37. The van der Waals surface area contributed by atoms with E-state index in [1.165, 1.54) is 18.4 Å². The fraction of sp³-hybridized carbons (Fsp3) is 0.227. The third-order valence-corrected chi connectivity index (χ3v) is 6.27. The third-order valence-electron chi connectivity index (χ3n) is 4.48. The Balaban J connectivity index is 1.84. The van der Waals surface area contributed by atoms with Crippen LogP contribution in [0.5, 0.6) is 5.75 Å². The molecule has 0 radical (unpaired) electrons. The molecule has 0 atom stereocenters. The van der Waals surface area contributed by atoms with Crippen LogP contribution in [-0.2, 0) is 27.5 Å². The van der Waals surface area contributed by atoms with Gasteiger partial charge in [0.15, 0.2) is 0 Å². The van der Waals surface area contributed by atoms with Crippen molar-refractivity contribution in [3.63, 3.8) is 0 Å². The van der Waals surface area contributed by atoms with Gasteiger partial charge in [-0.3, -0.25) is 4.79 Å². The molecule has 0 bridgehead atoms. The number of furan rings is 1. The number of sulfonamides is 1. The Hall–Kier alpha value is -3.31. The molecule has 1 heterocycles. The number of rotatable bonds is 9. The Kier molecular flexibility index (Phi) is 7.44. The van der Waals surface area contributed by atoms with Crippen molar-refractivity contribution in [3.8, 4) is 5.75 Å². The quantitative estimate of drug-likeness (QED) is 0.484. The van der Waals surface area contributed by atoms with Gasteiger partial charge in [-0.15, -0.1) is 0 Å². The number of hydrogen-bond donors (Lipinski definition) is 1. The highest BCUT2D eigenvalue weighted by molar-refractivity contribution is 7.89. The molecule has 1 amide bonds. The number of nitrogens with zero attached hydrogens (tertiary/aromatic N) is 1. The molecule has 33 heavy (non-hydrogen) atoms. The van der Waals surface area contributed by atoms with E-state index in [0.717, 1.165) is 22.5 Å². The van der Waals surface area contributed by atoms with Crippen LogP contribution < -0.4 is 10.1 Å². The van der Waals surface area contributed by atoms with E-state index in [0.29, 0.717) is 24.1 Å². The van der Waals surface area contributed by atoms with Gasteiger partial charge in [0.05, 0.1) is 36.4 Å². The van der Waals surface area contributed by atoms with E-state index in [1.807, 2.05) is 6.92 Å². The van der Waals surface area contributed by atoms with E-state index in [2.05, 4.69) is 5.32 Å². The monoisotopic (exact) mass is 482 g/mol. The van der Waals surface area contributed by atoms with E-state index in [4.69, 9.17) is 9.15 Å². The maximum atomic E-state index is 13.2. The van der Waals surface area contributed by atoms with Crippen LogP contribution in [0.4, 0.5) is 18.9 Å². The zero-order valence-electron chi connectivity index (χ0n) is 17.5. The molecule has 7 nitrogen and oxygen atoms in total. The molecule has 0 spiro atoms. The normalized spacial score (nSPS) is 12.0. The summed E-state index contributed by atoms with van der Waals surface area (Å²) < 4.78 is 76.9. The minimum atomic E-state index is -4.72. The van der Waals surface area contributed by atoms with Crippen molar-refractivity contribution in [1.82, 2.24) is 4.31 Å². The first-order valence-electron chi connectivity index (χ1n) is 9.82. The zero-order valence-corrected chi connectivity index (χ0v) is 18.3. The van der Waals surface area contributed by atoms with E-state index < -0.39 is 39.1 Å². The maximum Gasteiger partial charge on any atom is 0.416 e. The van der Waals surface area contributed by atoms with Gasteiger partial charge in [0.1, 0.15) is 11.5 Å². The van der Waals surface area contributed by atoms with Crippen molar-refractivity contribution in [2.75, 3.05) is 18.5 Å². The minimum Gasteiger partial charge on any atom is -0.494 e. The molecule has 1 aromatic heterocycles. The standard InChI is InChI=1S/C22H21F3N2O5S/c1-2-31-18-10-8-17(9-11-18)26-21(28)15-27(14-19-6-4-12-32-19)33(29,30)20-7-3-5-16(13-20)22(23,24)25/h3-13H,2,14-15H2,1H3,(H,26,28). The molecule has 0 saturated carbocycles. The Morgan fingerprint density at radius 2 is 1.82 bits per heavy atom. The van der Waals surface area contributed by atoms with Crippen LogP contribution in [0, 0.1) is 0 Å². The highest BCUT2D eigenvalue weighted by Crippen LogP contribution is 2.31. The second kappa shape index (κ2) is 10.1. The molecule has 0 saturated heterocycles. The fourth-order valence-electron chi connectivity index (χ4n) is 2.95. The molecular weight excluding hydrogens is 461 g/mol. The van der Waals surface area contributed by atoms with Gasteiger partial charge in [-0.1, -0.05) is 6.07 Å². The van der Waals surface area contributed by atoms with Crippen LogP contribution in [0.2, 0.25) is 0 Å². The van der Waals surface area contributed by atoms with Gasteiger partial charge in [-0.25, -0.2) is 8.42 Å². The summed E-state index contributed by atoms with van der Waals surface area (Å²) in [5.41, 5.74) is -0.710. The van der Waals surface area contributed by atoms with Gasteiger partial charge in [0.25, 0.3) is 0 Å².